The van der Waals surface area contributed by atoms with E-state index >= 15 is 0 Å². The summed E-state index contributed by atoms with van der Waals surface area (Å²) in [5.41, 5.74) is 4.09. The highest BCUT2D eigenvalue weighted by molar-refractivity contribution is 6.06. The first-order valence-corrected chi connectivity index (χ1v) is 9.78. The molecule has 1 amide bonds. The van der Waals surface area contributed by atoms with E-state index in [9.17, 15) is 19.7 Å². The summed E-state index contributed by atoms with van der Waals surface area (Å²) in [6.07, 6.45) is 0.00717. The number of aryl methyl sites for hydroxylation is 2. The number of anilines is 1. The first kappa shape index (κ1) is 20.3. The first-order valence-electron chi connectivity index (χ1n) is 9.78. The number of amides is 1. The minimum absolute atomic E-state index is 0.121. The lowest BCUT2D eigenvalue weighted by atomic mass is 9.92. The molecule has 0 bridgehead atoms. The van der Waals surface area contributed by atoms with E-state index in [2.05, 4.69) is 5.32 Å². The van der Waals surface area contributed by atoms with Gasteiger partial charge in [0, 0.05) is 18.1 Å². The number of nitrogens with zero attached hydrogens (tertiary/aromatic N) is 1. The highest BCUT2D eigenvalue weighted by Gasteiger charge is 2.28. The Morgan fingerprint density at radius 3 is 2.45 bits per heavy atom. The minimum atomic E-state index is -0.530. The van der Waals surface area contributed by atoms with Crippen LogP contribution in [0.15, 0.2) is 60.7 Å². The summed E-state index contributed by atoms with van der Waals surface area (Å²) in [6.45, 7) is 3.72. The average Bonchev–Trinajstić information content (AvgIpc) is 2.74. The third kappa shape index (κ3) is 4.16. The maximum Gasteiger partial charge on any atom is 0.339 e. The molecule has 0 aromatic heterocycles. The molecule has 0 radical (unpaired) electrons. The number of nitrogens with one attached hydrogen (secondary N) is 1. The van der Waals surface area contributed by atoms with Crippen LogP contribution in [0.2, 0.25) is 0 Å². The Morgan fingerprint density at radius 1 is 1.03 bits per heavy atom. The number of esters is 1. The van der Waals surface area contributed by atoms with Crippen LogP contribution in [0.25, 0.3) is 0 Å². The number of hydrogen-bond acceptors (Lipinski definition) is 5. The number of nitro benzene ring substituents is 1. The Bertz CT molecular complexity index is 1200. The number of nitro groups is 1. The summed E-state index contributed by atoms with van der Waals surface area (Å²) in [5, 5.41) is 13.9. The number of fused-ring (bicyclic) bond motifs is 1. The Morgan fingerprint density at radius 2 is 1.74 bits per heavy atom. The van der Waals surface area contributed by atoms with E-state index in [-0.39, 0.29) is 11.4 Å². The van der Waals surface area contributed by atoms with E-state index < -0.39 is 22.9 Å². The Labute approximate surface area is 178 Å². The van der Waals surface area contributed by atoms with Crippen LogP contribution in [-0.4, -0.2) is 16.8 Å². The minimum Gasteiger partial charge on any atom is -0.454 e. The molecule has 1 aliphatic rings. The molecule has 1 atom stereocenters. The van der Waals surface area contributed by atoms with Crippen molar-refractivity contribution in [1.82, 2.24) is 0 Å². The molecule has 1 aliphatic heterocycles. The van der Waals surface area contributed by atoms with Gasteiger partial charge in [-0.15, -0.1) is 0 Å². The van der Waals surface area contributed by atoms with Crippen molar-refractivity contribution in [1.29, 1.82) is 0 Å². The lowest BCUT2D eigenvalue weighted by Crippen LogP contribution is -2.23. The van der Waals surface area contributed by atoms with Crippen molar-refractivity contribution in [2.45, 2.75) is 26.4 Å². The van der Waals surface area contributed by atoms with Crippen molar-refractivity contribution in [3.8, 4) is 0 Å². The monoisotopic (exact) mass is 416 g/mol. The average molecular weight is 416 g/mol. The Balaban J connectivity index is 1.60. The zero-order chi connectivity index (χ0) is 22.1. The van der Waals surface area contributed by atoms with E-state index in [0.29, 0.717) is 23.1 Å². The quantitative estimate of drug-likeness (QED) is 0.370. The van der Waals surface area contributed by atoms with Gasteiger partial charge in [-0.2, -0.15) is 0 Å². The normalized spacial score (nSPS) is 15.0. The fourth-order valence-corrected chi connectivity index (χ4v) is 3.60. The molecule has 1 heterocycles. The van der Waals surface area contributed by atoms with Crippen molar-refractivity contribution >= 4 is 23.3 Å². The molecule has 156 valence electrons. The smallest absolute Gasteiger partial charge is 0.339 e. The van der Waals surface area contributed by atoms with Gasteiger partial charge in [0.25, 0.3) is 11.6 Å². The molecule has 7 nitrogen and oxygen atoms in total. The van der Waals surface area contributed by atoms with Gasteiger partial charge in [-0.25, -0.2) is 4.79 Å². The second-order valence-corrected chi connectivity index (χ2v) is 7.61. The predicted octanol–water partition coefficient (Wildman–Crippen LogP) is 4.92. The molecule has 1 N–H and O–H groups in total. The summed E-state index contributed by atoms with van der Waals surface area (Å²) in [4.78, 5) is 36.0. The van der Waals surface area contributed by atoms with Gasteiger partial charge in [0.2, 0.25) is 0 Å². The molecule has 0 saturated heterocycles. The van der Waals surface area contributed by atoms with Crippen LogP contribution >= 0.6 is 0 Å². The fraction of sp³-hybridized carbons (Fsp3) is 0.167. The summed E-state index contributed by atoms with van der Waals surface area (Å²) in [6, 6.07) is 17.1. The number of cyclic esters (lactones) is 1. The number of carbonyl (C=O) groups excluding carboxylic acids is 2. The summed E-state index contributed by atoms with van der Waals surface area (Å²) in [7, 11) is 0. The molecular weight excluding hydrogens is 396 g/mol. The standard InChI is InChI=1S/C24H20N2O5/c1-14-3-6-16(7-4-14)22-13-18-12-17(8-9-19(18)24(28)31-22)23(27)25-20-10-5-15(2)11-21(20)26(29)30/h3-12,22H,13H2,1-2H3,(H,25,27)/t22-/m1/s1. The Kier molecular flexibility index (Phi) is 5.25. The van der Waals surface area contributed by atoms with Gasteiger partial charge in [0.15, 0.2) is 0 Å². The fourth-order valence-electron chi connectivity index (χ4n) is 3.60. The zero-order valence-electron chi connectivity index (χ0n) is 17.0. The topological polar surface area (TPSA) is 98.5 Å². The van der Waals surface area contributed by atoms with Crippen LogP contribution in [0.1, 0.15) is 49.1 Å². The summed E-state index contributed by atoms with van der Waals surface area (Å²) >= 11 is 0. The van der Waals surface area contributed by atoms with Crippen LogP contribution in [0.3, 0.4) is 0 Å². The van der Waals surface area contributed by atoms with E-state index in [4.69, 9.17) is 4.74 Å². The van der Waals surface area contributed by atoms with Crippen LogP contribution in [0, 0.1) is 24.0 Å². The van der Waals surface area contributed by atoms with Crippen LogP contribution in [0.4, 0.5) is 11.4 Å². The Hall–Kier alpha value is -4.00. The molecule has 0 saturated carbocycles. The maximum atomic E-state index is 12.8. The van der Waals surface area contributed by atoms with Crippen LogP contribution in [-0.2, 0) is 11.2 Å². The highest BCUT2D eigenvalue weighted by Crippen LogP contribution is 2.32. The number of benzene rings is 3. The number of carbonyl (C=O) groups is 2. The maximum absolute atomic E-state index is 12.8. The van der Waals surface area contributed by atoms with Gasteiger partial charge in [0.1, 0.15) is 11.8 Å². The molecule has 0 fully saturated rings. The second kappa shape index (κ2) is 8.02. The molecule has 0 unspecified atom stereocenters. The highest BCUT2D eigenvalue weighted by atomic mass is 16.6. The van der Waals surface area contributed by atoms with Crippen molar-refractivity contribution in [2.75, 3.05) is 5.32 Å². The van der Waals surface area contributed by atoms with Gasteiger partial charge >= 0.3 is 5.97 Å². The molecule has 3 aromatic rings. The molecule has 7 heteroatoms. The molecule has 0 aliphatic carbocycles. The third-order valence-corrected chi connectivity index (χ3v) is 5.29. The van der Waals surface area contributed by atoms with Crippen molar-refractivity contribution in [2.24, 2.45) is 0 Å². The van der Waals surface area contributed by atoms with E-state index in [0.717, 1.165) is 16.7 Å². The summed E-state index contributed by atoms with van der Waals surface area (Å²) < 4.78 is 5.57. The molecule has 3 aromatic carbocycles. The lowest BCUT2D eigenvalue weighted by molar-refractivity contribution is -0.384. The molecular formula is C24H20N2O5. The van der Waals surface area contributed by atoms with Gasteiger partial charge < -0.3 is 10.1 Å². The molecule has 31 heavy (non-hydrogen) atoms. The van der Waals surface area contributed by atoms with E-state index in [1.165, 1.54) is 18.2 Å². The van der Waals surface area contributed by atoms with Gasteiger partial charge in [-0.05, 0) is 54.8 Å². The largest absolute Gasteiger partial charge is 0.454 e. The third-order valence-electron chi connectivity index (χ3n) is 5.29. The van der Waals surface area contributed by atoms with Crippen molar-refractivity contribution < 1.29 is 19.2 Å². The number of hydrogen-bond donors (Lipinski definition) is 1. The lowest BCUT2D eigenvalue weighted by Gasteiger charge is -2.25. The van der Waals surface area contributed by atoms with Crippen molar-refractivity contribution in [3.05, 3.63) is 104 Å². The van der Waals surface area contributed by atoms with Crippen LogP contribution in [0.5, 0.6) is 0 Å². The summed E-state index contributed by atoms with van der Waals surface area (Å²) in [5.74, 6) is -0.923. The van der Waals surface area contributed by atoms with Gasteiger partial charge in [-0.3, -0.25) is 14.9 Å². The van der Waals surface area contributed by atoms with Gasteiger partial charge in [-0.1, -0.05) is 35.9 Å². The predicted molar refractivity (Wildman–Crippen MR) is 115 cm³/mol. The molecule has 0 spiro atoms. The van der Waals surface area contributed by atoms with E-state index in [1.54, 1.807) is 25.1 Å². The second-order valence-electron chi connectivity index (χ2n) is 7.61. The zero-order valence-corrected chi connectivity index (χ0v) is 17.0. The SMILES string of the molecule is Cc1ccc([C@H]2Cc3cc(C(=O)Nc4ccc(C)cc4[N+](=O)[O-])ccc3C(=O)O2)cc1. The van der Waals surface area contributed by atoms with Gasteiger partial charge in [0.05, 0.1) is 10.5 Å². The van der Waals surface area contributed by atoms with E-state index in [1.807, 2.05) is 31.2 Å². The molecule has 4 rings (SSSR count). The number of rotatable bonds is 4. The first-order chi connectivity index (χ1) is 14.8. The van der Waals surface area contributed by atoms with Crippen LogP contribution < -0.4 is 5.32 Å². The number of ether oxygens (including phenoxy) is 1. The van der Waals surface area contributed by atoms with Crippen molar-refractivity contribution in [3.63, 3.8) is 0 Å².